The van der Waals surface area contributed by atoms with Gasteiger partial charge in [0.25, 0.3) is 5.56 Å². The molecular weight excluding hydrogens is 397 g/mol. The standard InChI is InChI=1S/C20H19BrFN3O/c1-14(16-8-10-17(22)11-9-16)25-19(26)18(21)13-24(2)20(25)23-12-15-6-4-3-5-7-15/h3-11,13-14H,12H2,1-2H3/b23-20-. The Kier molecular flexibility index (Phi) is 5.52. The minimum absolute atomic E-state index is 0.174. The van der Waals surface area contributed by atoms with E-state index in [4.69, 9.17) is 0 Å². The van der Waals surface area contributed by atoms with Crippen LogP contribution in [0.4, 0.5) is 4.39 Å². The van der Waals surface area contributed by atoms with Crippen LogP contribution in [0.1, 0.15) is 24.1 Å². The molecule has 0 saturated carbocycles. The molecule has 2 aromatic carbocycles. The number of hydrogen-bond acceptors (Lipinski definition) is 2. The van der Waals surface area contributed by atoms with Gasteiger partial charge in [-0.3, -0.25) is 9.36 Å². The van der Waals surface area contributed by atoms with Crippen LogP contribution in [0.3, 0.4) is 0 Å². The summed E-state index contributed by atoms with van der Waals surface area (Å²) in [7, 11) is 1.85. The first-order chi connectivity index (χ1) is 12.5. The third kappa shape index (κ3) is 3.85. The largest absolute Gasteiger partial charge is 0.321 e. The van der Waals surface area contributed by atoms with Crippen molar-refractivity contribution in [2.24, 2.45) is 12.0 Å². The summed E-state index contributed by atoms with van der Waals surface area (Å²) >= 11 is 3.32. The van der Waals surface area contributed by atoms with Crippen molar-refractivity contribution in [1.82, 2.24) is 9.13 Å². The molecule has 0 bridgehead atoms. The van der Waals surface area contributed by atoms with Crippen LogP contribution in [0, 0.1) is 5.82 Å². The second-order valence-corrected chi connectivity index (χ2v) is 6.95. The van der Waals surface area contributed by atoms with Crippen molar-refractivity contribution >= 4 is 15.9 Å². The van der Waals surface area contributed by atoms with E-state index in [0.717, 1.165) is 11.1 Å². The molecule has 4 nitrogen and oxygen atoms in total. The molecule has 0 amide bonds. The minimum atomic E-state index is -0.304. The Balaban J connectivity index is 2.14. The van der Waals surface area contributed by atoms with Gasteiger partial charge in [0.2, 0.25) is 5.62 Å². The summed E-state index contributed by atoms with van der Waals surface area (Å²) < 4.78 is 17.1. The lowest BCUT2D eigenvalue weighted by molar-refractivity contribution is 0.524. The number of hydrogen-bond donors (Lipinski definition) is 0. The van der Waals surface area contributed by atoms with E-state index in [1.807, 2.05) is 48.9 Å². The van der Waals surface area contributed by atoms with Gasteiger partial charge in [-0.2, -0.15) is 0 Å². The number of aryl methyl sites for hydroxylation is 1. The highest BCUT2D eigenvalue weighted by Crippen LogP contribution is 2.16. The minimum Gasteiger partial charge on any atom is -0.321 e. The number of halogens is 2. The Morgan fingerprint density at radius 2 is 1.77 bits per heavy atom. The second kappa shape index (κ2) is 7.83. The molecule has 26 heavy (non-hydrogen) atoms. The highest BCUT2D eigenvalue weighted by atomic mass is 79.9. The predicted molar refractivity (Wildman–Crippen MR) is 103 cm³/mol. The maximum atomic E-state index is 13.2. The molecule has 6 heteroatoms. The third-order valence-corrected chi connectivity index (χ3v) is 4.79. The molecule has 3 aromatic rings. The van der Waals surface area contributed by atoms with Crippen molar-refractivity contribution in [2.45, 2.75) is 19.5 Å². The molecule has 0 fully saturated rings. The van der Waals surface area contributed by atoms with Gasteiger partial charge in [-0.15, -0.1) is 0 Å². The van der Waals surface area contributed by atoms with E-state index >= 15 is 0 Å². The average molecular weight is 416 g/mol. The summed E-state index contributed by atoms with van der Waals surface area (Å²) in [5, 5.41) is 0. The number of rotatable bonds is 4. The molecule has 0 aliphatic heterocycles. The molecule has 0 N–H and O–H groups in total. The van der Waals surface area contributed by atoms with E-state index in [-0.39, 0.29) is 17.4 Å². The van der Waals surface area contributed by atoms with Gasteiger partial charge in [0, 0.05) is 13.2 Å². The topological polar surface area (TPSA) is 39.3 Å². The van der Waals surface area contributed by atoms with Gasteiger partial charge in [-0.05, 0) is 46.1 Å². The lowest BCUT2D eigenvalue weighted by Gasteiger charge is -2.18. The van der Waals surface area contributed by atoms with E-state index in [1.54, 1.807) is 22.9 Å². The van der Waals surface area contributed by atoms with Gasteiger partial charge >= 0.3 is 0 Å². The van der Waals surface area contributed by atoms with E-state index in [1.165, 1.54) is 12.1 Å². The van der Waals surface area contributed by atoms with Crippen molar-refractivity contribution < 1.29 is 4.39 Å². The Morgan fingerprint density at radius 3 is 2.42 bits per heavy atom. The summed E-state index contributed by atoms with van der Waals surface area (Å²) in [5.74, 6) is -0.304. The predicted octanol–water partition coefficient (Wildman–Crippen LogP) is 3.80. The molecule has 0 radical (unpaired) electrons. The highest BCUT2D eigenvalue weighted by molar-refractivity contribution is 9.10. The van der Waals surface area contributed by atoms with Crippen molar-refractivity contribution in [3.05, 3.63) is 98.2 Å². The van der Waals surface area contributed by atoms with E-state index in [9.17, 15) is 9.18 Å². The first-order valence-electron chi connectivity index (χ1n) is 8.25. The van der Waals surface area contributed by atoms with Crippen LogP contribution in [-0.2, 0) is 13.6 Å². The Morgan fingerprint density at radius 1 is 1.12 bits per heavy atom. The van der Waals surface area contributed by atoms with Crippen LogP contribution in [0.25, 0.3) is 0 Å². The monoisotopic (exact) mass is 415 g/mol. The lowest BCUT2D eigenvalue weighted by Crippen LogP contribution is -2.42. The summed E-state index contributed by atoms with van der Waals surface area (Å²) in [6.45, 7) is 2.37. The van der Waals surface area contributed by atoms with Crippen LogP contribution in [0.2, 0.25) is 0 Å². The Labute approximate surface area is 159 Å². The molecule has 0 spiro atoms. The van der Waals surface area contributed by atoms with E-state index in [2.05, 4.69) is 20.9 Å². The van der Waals surface area contributed by atoms with Crippen molar-refractivity contribution in [3.8, 4) is 0 Å². The summed E-state index contributed by atoms with van der Waals surface area (Å²) in [4.78, 5) is 17.5. The maximum absolute atomic E-state index is 13.2. The van der Waals surface area contributed by atoms with Crippen molar-refractivity contribution in [1.29, 1.82) is 0 Å². The van der Waals surface area contributed by atoms with Crippen LogP contribution in [0.15, 0.2) is 75.1 Å². The normalized spacial score (nSPS) is 13.0. The molecule has 1 heterocycles. The average Bonchev–Trinajstić information content (AvgIpc) is 2.64. The molecule has 3 rings (SSSR count). The molecule has 1 atom stereocenters. The summed E-state index contributed by atoms with van der Waals surface area (Å²) in [5.41, 5.74) is 2.28. The second-order valence-electron chi connectivity index (χ2n) is 6.09. The smallest absolute Gasteiger partial charge is 0.269 e. The van der Waals surface area contributed by atoms with Crippen molar-refractivity contribution in [3.63, 3.8) is 0 Å². The zero-order chi connectivity index (χ0) is 18.7. The SMILES string of the molecule is CC(c1ccc(F)cc1)n1c(=O)c(Br)cn(C)/c1=N/Cc1ccccc1. The van der Waals surface area contributed by atoms with E-state index in [0.29, 0.717) is 16.6 Å². The molecule has 0 saturated heterocycles. The fraction of sp³-hybridized carbons (Fsp3) is 0.200. The number of benzene rings is 2. The molecule has 0 aliphatic carbocycles. The summed E-state index contributed by atoms with van der Waals surface area (Å²) in [6, 6.07) is 15.7. The van der Waals surface area contributed by atoms with Gasteiger partial charge in [-0.25, -0.2) is 9.38 Å². The Hall–Kier alpha value is -2.47. The zero-order valence-corrected chi connectivity index (χ0v) is 16.1. The van der Waals surface area contributed by atoms with Gasteiger partial charge in [0.1, 0.15) is 5.82 Å². The number of aromatic nitrogens is 2. The first-order valence-corrected chi connectivity index (χ1v) is 9.04. The van der Waals surface area contributed by atoms with E-state index < -0.39 is 0 Å². The fourth-order valence-corrected chi connectivity index (χ4v) is 3.33. The lowest BCUT2D eigenvalue weighted by atomic mass is 10.1. The highest BCUT2D eigenvalue weighted by Gasteiger charge is 2.15. The van der Waals surface area contributed by atoms with Gasteiger partial charge in [-0.1, -0.05) is 42.5 Å². The summed E-state index contributed by atoms with van der Waals surface area (Å²) in [6.07, 6.45) is 1.71. The molecule has 134 valence electrons. The van der Waals surface area contributed by atoms with Crippen LogP contribution in [0.5, 0.6) is 0 Å². The Bertz CT molecular complexity index is 1020. The van der Waals surface area contributed by atoms with Gasteiger partial charge in [0.15, 0.2) is 0 Å². The molecule has 0 aliphatic rings. The number of nitrogens with zero attached hydrogens (tertiary/aromatic N) is 3. The molecular formula is C20H19BrFN3O. The van der Waals surface area contributed by atoms with Crippen molar-refractivity contribution in [2.75, 3.05) is 0 Å². The van der Waals surface area contributed by atoms with Crippen LogP contribution in [-0.4, -0.2) is 9.13 Å². The van der Waals surface area contributed by atoms with Crippen LogP contribution >= 0.6 is 15.9 Å². The van der Waals surface area contributed by atoms with Crippen LogP contribution < -0.4 is 11.2 Å². The fourth-order valence-electron chi connectivity index (χ4n) is 2.83. The quantitative estimate of drug-likeness (QED) is 0.638. The zero-order valence-electron chi connectivity index (χ0n) is 14.6. The van der Waals surface area contributed by atoms with Gasteiger partial charge in [0.05, 0.1) is 17.1 Å². The first kappa shape index (κ1) is 18.3. The maximum Gasteiger partial charge on any atom is 0.269 e. The third-order valence-electron chi connectivity index (χ3n) is 4.25. The molecule has 1 aromatic heterocycles. The molecule has 1 unspecified atom stereocenters. The van der Waals surface area contributed by atoms with Gasteiger partial charge < -0.3 is 4.57 Å².